The molecule has 2 unspecified atom stereocenters. The molecule has 68 valence electrons. The van der Waals surface area contributed by atoms with Crippen molar-refractivity contribution in [2.75, 3.05) is 20.6 Å². The van der Waals surface area contributed by atoms with Crippen LogP contribution >= 0.6 is 0 Å². The molecule has 11 heavy (non-hydrogen) atoms. The van der Waals surface area contributed by atoms with Gasteiger partial charge in [-0.3, -0.25) is 10.4 Å². The zero-order valence-electron chi connectivity index (χ0n) is 8.09. The van der Waals surface area contributed by atoms with Gasteiger partial charge < -0.3 is 5.73 Å². The van der Waals surface area contributed by atoms with Gasteiger partial charge in [-0.05, 0) is 5.92 Å². The summed E-state index contributed by atoms with van der Waals surface area (Å²) in [6.07, 6.45) is 1.17. The van der Waals surface area contributed by atoms with E-state index in [2.05, 4.69) is 19.3 Å². The molecule has 0 bridgehead atoms. The number of hydrazine groups is 1. The predicted molar refractivity (Wildman–Crippen MR) is 49.1 cm³/mol. The van der Waals surface area contributed by atoms with Gasteiger partial charge in [-0.15, -0.1) is 0 Å². The summed E-state index contributed by atoms with van der Waals surface area (Å²) in [5.41, 5.74) is 8.90. The molecule has 0 rings (SSSR count). The van der Waals surface area contributed by atoms with Gasteiger partial charge in [0.1, 0.15) is 0 Å². The molecule has 0 fully saturated rings. The Hall–Kier alpha value is -0.120. The summed E-state index contributed by atoms with van der Waals surface area (Å²) in [6.45, 7) is 5.10. The molecule has 2 atom stereocenters. The normalized spacial score (nSPS) is 16.9. The molecule has 0 aromatic heterocycles. The molecule has 0 aromatic carbocycles. The first-order valence-electron chi connectivity index (χ1n) is 4.25. The van der Waals surface area contributed by atoms with E-state index in [-0.39, 0.29) is 0 Å². The van der Waals surface area contributed by atoms with Crippen LogP contribution in [0.5, 0.6) is 0 Å². The van der Waals surface area contributed by atoms with Gasteiger partial charge in [0.05, 0.1) is 0 Å². The maximum absolute atomic E-state index is 5.61. The molecular formula is C8H21N3. The Morgan fingerprint density at radius 3 is 2.27 bits per heavy atom. The van der Waals surface area contributed by atoms with E-state index in [1.807, 2.05) is 19.1 Å². The summed E-state index contributed by atoms with van der Waals surface area (Å²) in [4.78, 5) is 0. The fraction of sp³-hybridized carbons (Fsp3) is 1.00. The van der Waals surface area contributed by atoms with Crippen molar-refractivity contribution in [1.29, 1.82) is 0 Å². The molecule has 3 N–H and O–H groups in total. The van der Waals surface area contributed by atoms with Gasteiger partial charge in [-0.1, -0.05) is 20.3 Å². The number of nitrogens with one attached hydrogen (secondary N) is 1. The summed E-state index contributed by atoms with van der Waals surface area (Å²) in [5.74, 6) is 0.641. The molecule has 0 amide bonds. The average molecular weight is 159 g/mol. The van der Waals surface area contributed by atoms with Crippen molar-refractivity contribution >= 4 is 0 Å². The predicted octanol–water partition coefficient (Wildman–Crippen LogP) is 0.426. The molecule has 3 nitrogen and oxygen atoms in total. The van der Waals surface area contributed by atoms with Crippen LogP contribution in [0.1, 0.15) is 20.3 Å². The molecule has 0 saturated carbocycles. The zero-order valence-corrected chi connectivity index (χ0v) is 8.09. The van der Waals surface area contributed by atoms with Gasteiger partial charge in [0.25, 0.3) is 0 Å². The number of hydrogen-bond acceptors (Lipinski definition) is 3. The molecule has 0 heterocycles. The van der Waals surface area contributed by atoms with E-state index in [0.29, 0.717) is 18.5 Å². The van der Waals surface area contributed by atoms with Crippen molar-refractivity contribution in [3.63, 3.8) is 0 Å². The van der Waals surface area contributed by atoms with Crippen LogP contribution in [-0.2, 0) is 0 Å². The van der Waals surface area contributed by atoms with Crippen molar-refractivity contribution in [3.05, 3.63) is 0 Å². The Labute approximate surface area is 69.9 Å². The highest BCUT2D eigenvalue weighted by atomic mass is 15.5. The molecule has 0 aromatic rings. The molecule has 0 aliphatic heterocycles. The van der Waals surface area contributed by atoms with Crippen LogP contribution in [0.2, 0.25) is 0 Å². The summed E-state index contributed by atoms with van der Waals surface area (Å²) in [6, 6.07) is 0.412. The zero-order chi connectivity index (χ0) is 8.85. The lowest BCUT2D eigenvalue weighted by molar-refractivity contribution is 0.203. The first-order valence-corrected chi connectivity index (χ1v) is 4.25. The minimum Gasteiger partial charge on any atom is -0.329 e. The van der Waals surface area contributed by atoms with Crippen LogP contribution in [0.25, 0.3) is 0 Å². The Morgan fingerprint density at radius 1 is 1.45 bits per heavy atom. The van der Waals surface area contributed by atoms with Crippen LogP contribution < -0.4 is 11.2 Å². The molecule has 0 aliphatic rings. The van der Waals surface area contributed by atoms with E-state index in [4.69, 9.17) is 5.73 Å². The quantitative estimate of drug-likeness (QED) is 0.571. The highest BCUT2D eigenvalue weighted by molar-refractivity contribution is 4.70. The monoisotopic (exact) mass is 159 g/mol. The molecule has 0 aliphatic carbocycles. The third kappa shape index (κ3) is 4.35. The maximum Gasteiger partial charge on any atom is 0.0363 e. The molecule has 0 saturated heterocycles. The lowest BCUT2D eigenvalue weighted by Gasteiger charge is -2.26. The number of hydrogen-bond donors (Lipinski definition) is 2. The second kappa shape index (κ2) is 5.52. The van der Waals surface area contributed by atoms with Crippen molar-refractivity contribution in [2.45, 2.75) is 26.3 Å². The highest BCUT2D eigenvalue weighted by Gasteiger charge is 2.13. The minimum absolute atomic E-state index is 0.412. The van der Waals surface area contributed by atoms with E-state index in [9.17, 15) is 0 Å². The Kier molecular flexibility index (Phi) is 5.46. The van der Waals surface area contributed by atoms with Crippen molar-refractivity contribution < 1.29 is 0 Å². The fourth-order valence-corrected chi connectivity index (χ4v) is 1.03. The molecule has 0 spiro atoms. The average Bonchev–Trinajstić information content (AvgIpc) is 1.98. The van der Waals surface area contributed by atoms with Gasteiger partial charge in [-0.25, -0.2) is 0 Å². The first-order chi connectivity index (χ1) is 5.11. The summed E-state index contributed by atoms with van der Waals surface area (Å²) >= 11 is 0. The third-order valence-electron chi connectivity index (χ3n) is 2.01. The molecular weight excluding hydrogens is 138 g/mol. The smallest absolute Gasteiger partial charge is 0.0363 e. The Bertz CT molecular complexity index is 93.3. The van der Waals surface area contributed by atoms with E-state index >= 15 is 0 Å². The number of nitrogens with zero attached hydrogens (tertiary/aromatic N) is 1. The number of rotatable bonds is 5. The van der Waals surface area contributed by atoms with Crippen molar-refractivity contribution in [3.8, 4) is 0 Å². The SMILES string of the molecule is CCC(C)C(CN)NN(C)C. The Morgan fingerprint density at radius 2 is 2.00 bits per heavy atom. The lowest BCUT2D eigenvalue weighted by atomic mass is 10.0. The molecule has 0 radical (unpaired) electrons. The van der Waals surface area contributed by atoms with E-state index in [1.54, 1.807) is 0 Å². The summed E-state index contributed by atoms with van der Waals surface area (Å²) in [5, 5.41) is 1.96. The van der Waals surface area contributed by atoms with Gasteiger partial charge in [-0.2, -0.15) is 0 Å². The highest BCUT2D eigenvalue weighted by Crippen LogP contribution is 2.05. The second-order valence-electron chi connectivity index (χ2n) is 3.25. The topological polar surface area (TPSA) is 41.3 Å². The maximum atomic E-state index is 5.61. The van der Waals surface area contributed by atoms with Crippen LogP contribution in [-0.4, -0.2) is 31.7 Å². The van der Waals surface area contributed by atoms with E-state index < -0.39 is 0 Å². The standard InChI is InChI=1S/C8H21N3/c1-5-7(2)8(6-9)10-11(3)4/h7-8,10H,5-6,9H2,1-4H3. The van der Waals surface area contributed by atoms with Crippen molar-refractivity contribution in [1.82, 2.24) is 10.4 Å². The van der Waals surface area contributed by atoms with Crippen LogP contribution in [0, 0.1) is 5.92 Å². The minimum atomic E-state index is 0.412. The van der Waals surface area contributed by atoms with E-state index in [1.165, 1.54) is 6.42 Å². The van der Waals surface area contributed by atoms with Crippen LogP contribution in [0.3, 0.4) is 0 Å². The van der Waals surface area contributed by atoms with Crippen LogP contribution in [0.4, 0.5) is 0 Å². The second-order valence-corrected chi connectivity index (χ2v) is 3.25. The van der Waals surface area contributed by atoms with Crippen LogP contribution in [0.15, 0.2) is 0 Å². The van der Waals surface area contributed by atoms with E-state index in [0.717, 1.165) is 0 Å². The lowest BCUT2D eigenvalue weighted by Crippen LogP contribution is -2.47. The van der Waals surface area contributed by atoms with Gasteiger partial charge in [0.2, 0.25) is 0 Å². The summed E-state index contributed by atoms with van der Waals surface area (Å²) in [7, 11) is 3.98. The van der Waals surface area contributed by atoms with Crippen molar-refractivity contribution in [2.24, 2.45) is 11.7 Å². The van der Waals surface area contributed by atoms with Gasteiger partial charge in [0, 0.05) is 26.7 Å². The third-order valence-corrected chi connectivity index (χ3v) is 2.01. The molecule has 3 heteroatoms. The largest absolute Gasteiger partial charge is 0.329 e. The first kappa shape index (κ1) is 10.9. The summed E-state index contributed by atoms with van der Waals surface area (Å²) < 4.78 is 0. The van der Waals surface area contributed by atoms with Gasteiger partial charge >= 0.3 is 0 Å². The van der Waals surface area contributed by atoms with Gasteiger partial charge in [0.15, 0.2) is 0 Å². The Balaban J connectivity index is 3.74. The number of nitrogens with two attached hydrogens (primary N) is 1. The fourth-order valence-electron chi connectivity index (χ4n) is 1.03.